The zero-order valence-electron chi connectivity index (χ0n) is 14.1. The van der Waals surface area contributed by atoms with Crippen LogP contribution in [0.15, 0.2) is 24.3 Å². The number of hydrogen-bond donors (Lipinski definition) is 2. The van der Waals surface area contributed by atoms with E-state index in [1.807, 2.05) is 0 Å². The lowest BCUT2D eigenvalue weighted by Gasteiger charge is -2.23. The number of rotatable bonds is 6. The van der Waals surface area contributed by atoms with E-state index in [-0.39, 0.29) is 11.5 Å². The highest BCUT2D eigenvalue weighted by Crippen LogP contribution is 2.22. The molecule has 0 bridgehead atoms. The first-order valence-electron chi connectivity index (χ1n) is 7.79. The molecule has 2 amide bonds. The number of esters is 1. The van der Waals surface area contributed by atoms with Crippen molar-refractivity contribution in [2.24, 2.45) is 0 Å². The second-order valence-corrected chi connectivity index (χ2v) is 8.92. The molecule has 1 fully saturated rings. The van der Waals surface area contributed by atoms with E-state index < -0.39 is 46.3 Å². The van der Waals surface area contributed by atoms with E-state index in [4.69, 9.17) is 16.3 Å². The van der Waals surface area contributed by atoms with Crippen molar-refractivity contribution in [1.29, 1.82) is 0 Å². The van der Waals surface area contributed by atoms with Gasteiger partial charge < -0.3 is 15.4 Å². The number of amides is 2. The Morgan fingerprint density at radius 1 is 1.23 bits per heavy atom. The van der Waals surface area contributed by atoms with Gasteiger partial charge in [0.25, 0.3) is 11.8 Å². The van der Waals surface area contributed by atoms with Gasteiger partial charge in [0.2, 0.25) is 0 Å². The monoisotopic (exact) mass is 402 g/mol. The van der Waals surface area contributed by atoms with E-state index in [2.05, 4.69) is 10.6 Å². The standard InChI is InChI=1S/C16H19ClN2O6S/c1-16(6-7-26(23,24)10-16)19-13(20)9-25-14(21)8-18-15(22)11-2-4-12(17)5-3-11/h2-5H,6-10H2,1H3,(H,18,22)(H,19,20)/t16-/m0/s1. The molecule has 1 aromatic rings. The lowest BCUT2D eigenvalue weighted by Crippen LogP contribution is -2.48. The highest BCUT2D eigenvalue weighted by Gasteiger charge is 2.39. The summed E-state index contributed by atoms with van der Waals surface area (Å²) >= 11 is 5.72. The summed E-state index contributed by atoms with van der Waals surface area (Å²) in [5.74, 6) is -1.99. The summed E-state index contributed by atoms with van der Waals surface area (Å²) in [7, 11) is -3.16. The van der Waals surface area contributed by atoms with Gasteiger partial charge >= 0.3 is 5.97 Å². The van der Waals surface area contributed by atoms with Crippen molar-refractivity contribution < 1.29 is 27.5 Å². The highest BCUT2D eigenvalue weighted by molar-refractivity contribution is 7.91. The molecule has 1 heterocycles. The summed E-state index contributed by atoms with van der Waals surface area (Å²) < 4.78 is 27.8. The van der Waals surface area contributed by atoms with Crippen LogP contribution in [0.2, 0.25) is 5.02 Å². The van der Waals surface area contributed by atoms with Crippen molar-refractivity contribution in [3.05, 3.63) is 34.9 Å². The molecule has 2 N–H and O–H groups in total. The highest BCUT2D eigenvalue weighted by atomic mass is 35.5. The van der Waals surface area contributed by atoms with Crippen molar-refractivity contribution in [2.45, 2.75) is 18.9 Å². The minimum Gasteiger partial charge on any atom is -0.454 e. The van der Waals surface area contributed by atoms with Crippen molar-refractivity contribution in [3.63, 3.8) is 0 Å². The fraction of sp³-hybridized carbons (Fsp3) is 0.438. The van der Waals surface area contributed by atoms with Crippen LogP contribution in [-0.4, -0.2) is 56.4 Å². The maximum Gasteiger partial charge on any atom is 0.325 e. The molecule has 142 valence electrons. The Kier molecular flexibility index (Phi) is 6.25. The Balaban J connectivity index is 1.72. The van der Waals surface area contributed by atoms with Crippen LogP contribution in [-0.2, 0) is 24.2 Å². The molecule has 0 unspecified atom stereocenters. The number of carbonyl (C=O) groups excluding carboxylic acids is 3. The minimum absolute atomic E-state index is 0.0142. The summed E-state index contributed by atoms with van der Waals surface area (Å²) in [6.45, 7) is 0.676. The molecule has 10 heteroatoms. The Hall–Kier alpha value is -2.13. The van der Waals surface area contributed by atoms with E-state index >= 15 is 0 Å². The number of halogens is 1. The van der Waals surface area contributed by atoms with Crippen LogP contribution in [0.5, 0.6) is 0 Å². The lowest BCUT2D eigenvalue weighted by molar-refractivity contribution is -0.147. The molecule has 1 aromatic carbocycles. The average Bonchev–Trinajstić information content (AvgIpc) is 2.84. The molecule has 8 nitrogen and oxygen atoms in total. The molecule has 0 aliphatic carbocycles. The van der Waals surface area contributed by atoms with E-state index in [0.29, 0.717) is 17.0 Å². The average molecular weight is 403 g/mol. The number of ether oxygens (including phenoxy) is 1. The molecule has 0 aromatic heterocycles. The molecule has 26 heavy (non-hydrogen) atoms. The van der Waals surface area contributed by atoms with E-state index in [1.54, 1.807) is 19.1 Å². The summed E-state index contributed by atoms with van der Waals surface area (Å²) in [6, 6.07) is 6.10. The van der Waals surface area contributed by atoms with Crippen LogP contribution in [0, 0.1) is 0 Å². The number of sulfone groups is 1. The van der Waals surface area contributed by atoms with Crippen LogP contribution in [0.3, 0.4) is 0 Å². The van der Waals surface area contributed by atoms with Gasteiger partial charge in [-0.25, -0.2) is 8.42 Å². The zero-order valence-corrected chi connectivity index (χ0v) is 15.7. The maximum absolute atomic E-state index is 11.8. The lowest BCUT2D eigenvalue weighted by atomic mass is 10.0. The van der Waals surface area contributed by atoms with Gasteiger partial charge in [0.15, 0.2) is 16.4 Å². The van der Waals surface area contributed by atoms with E-state index in [1.165, 1.54) is 12.1 Å². The van der Waals surface area contributed by atoms with Crippen molar-refractivity contribution in [1.82, 2.24) is 10.6 Å². The van der Waals surface area contributed by atoms with Gasteiger partial charge in [-0.15, -0.1) is 0 Å². The molecule has 1 aliphatic heterocycles. The summed E-state index contributed by atoms with van der Waals surface area (Å²) in [5, 5.41) is 5.41. The van der Waals surface area contributed by atoms with Gasteiger partial charge in [0.05, 0.1) is 17.0 Å². The molecule has 2 rings (SSSR count). The van der Waals surface area contributed by atoms with Crippen molar-refractivity contribution in [3.8, 4) is 0 Å². The number of carbonyl (C=O) groups is 3. The Morgan fingerprint density at radius 2 is 1.88 bits per heavy atom. The Bertz CT molecular complexity index is 809. The van der Waals surface area contributed by atoms with Gasteiger partial charge in [-0.3, -0.25) is 14.4 Å². The predicted molar refractivity (Wildman–Crippen MR) is 94.6 cm³/mol. The van der Waals surface area contributed by atoms with E-state index in [9.17, 15) is 22.8 Å². The molecular formula is C16H19ClN2O6S. The van der Waals surface area contributed by atoms with Crippen LogP contribution < -0.4 is 10.6 Å². The molecule has 1 aliphatic rings. The normalized spacial score (nSPS) is 21.0. The third-order valence-electron chi connectivity index (χ3n) is 3.81. The predicted octanol–water partition coefficient (Wildman–Crippen LogP) is 0.306. The van der Waals surface area contributed by atoms with Crippen molar-refractivity contribution >= 4 is 39.2 Å². The van der Waals surface area contributed by atoms with Crippen LogP contribution in [0.25, 0.3) is 0 Å². The van der Waals surface area contributed by atoms with Gasteiger partial charge in [0, 0.05) is 10.6 Å². The van der Waals surface area contributed by atoms with Gasteiger partial charge in [-0.2, -0.15) is 0 Å². The topological polar surface area (TPSA) is 119 Å². The molecule has 1 saturated heterocycles. The second-order valence-electron chi connectivity index (χ2n) is 6.30. The maximum atomic E-state index is 11.8. The fourth-order valence-corrected chi connectivity index (χ4v) is 4.75. The van der Waals surface area contributed by atoms with Gasteiger partial charge in [-0.1, -0.05) is 11.6 Å². The zero-order chi connectivity index (χ0) is 19.4. The Labute approximate surface area is 156 Å². The quantitative estimate of drug-likeness (QED) is 0.661. The largest absolute Gasteiger partial charge is 0.454 e. The molecular weight excluding hydrogens is 384 g/mol. The number of nitrogens with one attached hydrogen (secondary N) is 2. The van der Waals surface area contributed by atoms with Gasteiger partial charge in [0.1, 0.15) is 6.54 Å². The van der Waals surface area contributed by atoms with Crippen LogP contribution >= 0.6 is 11.6 Å². The summed E-state index contributed by atoms with van der Waals surface area (Å²) in [5.41, 5.74) is -0.527. The fourth-order valence-electron chi connectivity index (χ4n) is 2.53. The number of benzene rings is 1. The smallest absolute Gasteiger partial charge is 0.325 e. The first kappa shape index (κ1) is 20.2. The molecule has 0 radical (unpaired) electrons. The first-order valence-corrected chi connectivity index (χ1v) is 9.99. The molecule has 0 saturated carbocycles. The molecule has 1 atom stereocenters. The van der Waals surface area contributed by atoms with Gasteiger partial charge in [-0.05, 0) is 37.6 Å². The second kappa shape index (κ2) is 8.05. The van der Waals surface area contributed by atoms with E-state index in [0.717, 1.165) is 0 Å². The SMILES string of the molecule is C[C@]1(NC(=O)COC(=O)CNC(=O)c2ccc(Cl)cc2)CCS(=O)(=O)C1. The third-order valence-corrected chi connectivity index (χ3v) is 5.96. The number of hydrogen-bond acceptors (Lipinski definition) is 6. The van der Waals surface area contributed by atoms with Crippen LogP contribution in [0.1, 0.15) is 23.7 Å². The Morgan fingerprint density at radius 3 is 2.46 bits per heavy atom. The minimum atomic E-state index is -3.16. The van der Waals surface area contributed by atoms with Crippen LogP contribution in [0.4, 0.5) is 0 Å². The third kappa shape index (κ3) is 5.99. The molecule has 0 spiro atoms. The summed E-state index contributed by atoms with van der Waals surface area (Å²) in [4.78, 5) is 35.3. The first-order chi connectivity index (χ1) is 12.1. The van der Waals surface area contributed by atoms with Crippen molar-refractivity contribution in [2.75, 3.05) is 24.7 Å². The summed E-state index contributed by atoms with van der Waals surface area (Å²) in [6.07, 6.45) is 0.312.